The van der Waals surface area contributed by atoms with Gasteiger partial charge in [-0.15, -0.1) is 0 Å². The molecule has 0 fully saturated rings. The zero-order valence-electron chi connectivity index (χ0n) is 17.7. The summed E-state index contributed by atoms with van der Waals surface area (Å²) in [7, 11) is 0. The molecule has 1 aliphatic rings. The Morgan fingerprint density at radius 3 is 2.47 bits per heavy atom. The largest absolute Gasteiger partial charge is 0.320 e. The highest BCUT2D eigenvalue weighted by Gasteiger charge is 2.31. The molecule has 5 nitrogen and oxygen atoms in total. The molecule has 1 aliphatic heterocycles. The van der Waals surface area contributed by atoms with Crippen molar-refractivity contribution in [3.05, 3.63) is 88.2 Å². The molecule has 0 bridgehead atoms. The number of nitrogens with zero attached hydrogens (tertiary/aromatic N) is 2. The smallest absolute Gasteiger partial charge is 0.274 e. The fourth-order valence-corrected chi connectivity index (χ4v) is 4.26. The minimum absolute atomic E-state index is 0.0678. The molecule has 30 heavy (non-hydrogen) atoms. The fraction of sp³-hybridized carbons (Fsp3) is 0.240. The van der Waals surface area contributed by atoms with Crippen molar-refractivity contribution in [3.63, 3.8) is 0 Å². The molecule has 152 valence electrons. The molecular weight excluding hydrogens is 374 g/mol. The summed E-state index contributed by atoms with van der Waals surface area (Å²) >= 11 is 0. The summed E-state index contributed by atoms with van der Waals surface area (Å²) in [5, 5.41) is 2.96. The Kier molecular flexibility index (Phi) is 5.12. The maximum absolute atomic E-state index is 13.3. The number of carbonyl (C=O) groups excluding carboxylic acids is 2. The second-order valence-electron chi connectivity index (χ2n) is 8.01. The summed E-state index contributed by atoms with van der Waals surface area (Å²) in [6.07, 6.45) is 2.34. The van der Waals surface area contributed by atoms with Crippen LogP contribution in [-0.2, 0) is 6.42 Å². The van der Waals surface area contributed by atoms with Crippen LogP contribution in [0, 0.1) is 20.8 Å². The number of benzene rings is 2. The second kappa shape index (κ2) is 7.75. The van der Waals surface area contributed by atoms with E-state index in [2.05, 4.69) is 16.4 Å². The lowest BCUT2D eigenvalue weighted by Gasteiger charge is -2.23. The number of pyridine rings is 1. The van der Waals surface area contributed by atoms with Crippen molar-refractivity contribution >= 4 is 23.2 Å². The van der Waals surface area contributed by atoms with Gasteiger partial charge in [-0.2, -0.15) is 0 Å². The van der Waals surface area contributed by atoms with Gasteiger partial charge in [-0.3, -0.25) is 14.6 Å². The summed E-state index contributed by atoms with van der Waals surface area (Å²) in [6.45, 7) is 8.00. The number of anilines is 2. The van der Waals surface area contributed by atoms with E-state index in [9.17, 15) is 9.59 Å². The van der Waals surface area contributed by atoms with Gasteiger partial charge in [-0.25, -0.2) is 0 Å². The minimum atomic E-state index is -0.324. The molecule has 1 aromatic heterocycles. The van der Waals surface area contributed by atoms with Gasteiger partial charge < -0.3 is 10.2 Å². The molecule has 4 rings (SSSR count). The van der Waals surface area contributed by atoms with Gasteiger partial charge in [-0.05, 0) is 69.0 Å². The Bertz CT molecular complexity index is 1130. The maximum atomic E-state index is 13.3. The van der Waals surface area contributed by atoms with E-state index in [0.717, 1.165) is 40.0 Å². The van der Waals surface area contributed by atoms with Crippen molar-refractivity contribution in [1.29, 1.82) is 0 Å². The van der Waals surface area contributed by atoms with Crippen molar-refractivity contribution in [2.45, 2.75) is 40.2 Å². The van der Waals surface area contributed by atoms with Crippen LogP contribution >= 0.6 is 0 Å². The first-order valence-electron chi connectivity index (χ1n) is 10.1. The van der Waals surface area contributed by atoms with E-state index in [1.807, 2.05) is 58.0 Å². The van der Waals surface area contributed by atoms with Gasteiger partial charge in [-0.1, -0.05) is 35.9 Å². The monoisotopic (exact) mass is 399 g/mol. The second-order valence-corrected chi connectivity index (χ2v) is 8.01. The van der Waals surface area contributed by atoms with Crippen LogP contribution < -0.4 is 10.2 Å². The highest BCUT2D eigenvalue weighted by Crippen LogP contribution is 2.33. The number of nitrogens with one attached hydrogen (secondary N) is 1. The first-order chi connectivity index (χ1) is 14.3. The summed E-state index contributed by atoms with van der Waals surface area (Å²) in [5.74, 6) is -0.443. The van der Waals surface area contributed by atoms with Gasteiger partial charge in [0, 0.05) is 29.2 Å². The number of hydrogen-bond acceptors (Lipinski definition) is 3. The molecule has 2 heterocycles. The van der Waals surface area contributed by atoms with Crippen LogP contribution in [0.2, 0.25) is 0 Å². The molecule has 2 aromatic carbocycles. The average Bonchev–Trinajstić information content (AvgIpc) is 3.05. The first-order valence-corrected chi connectivity index (χ1v) is 10.1. The number of para-hydroxylation sites is 1. The first kappa shape index (κ1) is 19.8. The van der Waals surface area contributed by atoms with E-state index in [-0.39, 0.29) is 23.6 Å². The number of fused-ring (bicyclic) bond motifs is 1. The minimum Gasteiger partial charge on any atom is -0.320 e. The molecule has 0 saturated carbocycles. The van der Waals surface area contributed by atoms with Gasteiger partial charge in [0.1, 0.15) is 5.69 Å². The third-order valence-electron chi connectivity index (χ3n) is 5.58. The lowest BCUT2D eigenvalue weighted by molar-refractivity contribution is 0.0981. The molecule has 1 N–H and O–H groups in total. The van der Waals surface area contributed by atoms with Crippen LogP contribution in [0.3, 0.4) is 0 Å². The van der Waals surface area contributed by atoms with Crippen LogP contribution in [0.15, 0.2) is 54.7 Å². The summed E-state index contributed by atoms with van der Waals surface area (Å²) in [4.78, 5) is 32.1. The summed E-state index contributed by atoms with van der Waals surface area (Å²) in [6, 6.07) is 15.3. The third-order valence-corrected chi connectivity index (χ3v) is 5.58. The Morgan fingerprint density at radius 2 is 1.73 bits per heavy atom. The molecule has 0 radical (unpaired) electrons. The van der Waals surface area contributed by atoms with Crippen LogP contribution in [-0.4, -0.2) is 22.8 Å². The topological polar surface area (TPSA) is 62.3 Å². The van der Waals surface area contributed by atoms with Crippen molar-refractivity contribution in [1.82, 2.24) is 4.98 Å². The maximum Gasteiger partial charge on any atom is 0.274 e. The molecule has 0 aliphatic carbocycles. The van der Waals surface area contributed by atoms with E-state index < -0.39 is 0 Å². The van der Waals surface area contributed by atoms with Crippen molar-refractivity contribution in [2.24, 2.45) is 0 Å². The molecule has 0 spiro atoms. The van der Waals surface area contributed by atoms with Gasteiger partial charge in [0.2, 0.25) is 0 Å². The number of rotatable bonds is 3. The van der Waals surface area contributed by atoms with Gasteiger partial charge >= 0.3 is 0 Å². The molecule has 1 atom stereocenters. The van der Waals surface area contributed by atoms with Gasteiger partial charge in [0.05, 0.1) is 0 Å². The summed E-state index contributed by atoms with van der Waals surface area (Å²) in [5.41, 5.74) is 6.70. The number of amides is 2. The molecule has 1 unspecified atom stereocenters. The summed E-state index contributed by atoms with van der Waals surface area (Å²) < 4.78 is 0. The molecule has 2 amide bonds. The predicted octanol–water partition coefficient (Wildman–Crippen LogP) is 4.85. The Balaban J connectivity index is 1.60. The van der Waals surface area contributed by atoms with E-state index >= 15 is 0 Å². The number of hydrogen-bond donors (Lipinski definition) is 1. The number of aromatic nitrogens is 1. The average molecular weight is 399 g/mol. The standard InChI is InChI=1S/C25H25N3O2/c1-15-11-16(2)23(17(3)12-15)27-24(29)21-14-20(9-10-26-21)25(30)28-18(4)13-19-7-5-6-8-22(19)28/h5-12,14,18H,13H2,1-4H3,(H,27,29). The molecule has 0 saturated heterocycles. The van der Waals surface area contributed by atoms with Crippen molar-refractivity contribution in [2.75, 3.05) is 10.2 Å². The lowest BCUT2D eigenvalue weighted by atomic mass is 10.0. The number of aryl methyl sites for hydroxylation is 3. The lowest BCUT2D eigenvalue weighted by Crippen LogP contribution is -2.35. The normalized spacial score (nSPS) is 15.1. The highest BCUT2D eigenvalue weighted by atomic mass is 16.2. The van der Waals surface area contributed by atoms with Crippen LogP contribution in [0.25, 0.3) is 0 Å². The third kappa shape index (κ3) is 3.59. The number of carbonyl (C=O) groups is 2. The Hall–Kier alpha value is -3.47. The van der Waals surface area contributed by atoms with Crippen LogP contribution in [0.5, 0.6) is 0 Å². The fourth-order valence-electron chi connectivity index (χ4n) is 4.26. The molecular formula is C25H25N3O2. The zero-order chi connectivity index (χ0) is 21.4. The van der Waals surface area contributed by atoms with E-state index in [1.165, 1.54) is 6.20 Å². The van der Waals surface area contributed by atoms with E-state index in [4.69, 9.17) is 0 Å². The zero-order valence-corrected chi connectivity index (χ0v) is 17.7. The van der Waals surface area contributed by atoms with Crippen LogP contribution in [0.4, 0.5) is 11.4 Å². The molecule has 3 aromatic rings. The highest BCUT2D eigenvalue weighted by molar-refractivity contribution is 6.10. The SMILES string of the molecule is Cc1cc(C)c(NC(=O)c2cc(C(=O)N3c4ccccc4CC3C)ccn2)c(C)c1. The predicted molar refractivity (Wildman–Crippen MR) is 119 cm³/mol. The Labute approximate surface area is 176 Å². The van der Waals surface area contributed by atoms with Crippen molar-refractivity contribution < 1.29 is 9.59 Å². The quantitative estimate of drug-likeness (QED) is 0.685. The Morgan fingerprint density at radius 1 is 1.03 bits per heavy atom. The van der Waals surface area contributed by atoms with Gasteiger partial charge in [0.25, 0.3) is 11.8 Å². The van der Waals surface area contributed by atoms with Crippen LogP contribution in [0.1, 0.15) is 50.0 Å². The van der Waals surface area contributed by atoms with Gasteiger partial charge in [0.15, 0.2) is 0 Å². The van der Waals surface area contributed by atoms with E-state index in [0.29, 0.717) is 5.56 Å². The molecule has 5 heteroatoms. The van der Waals surface area contributed by atoms with Crippen molar-refractivity contribution in [3.8, 4) is 0 Å². The van der Waals surface area contributed by atoms with E-state index in [1.54, 1.807) is 17.0 Å².